The van der Waals surface area contributed by atoms with Crippen LogP contribution in [0.15, 0.2) is 0 Å². The number of hydrogen-bond acceptors (Lipinski definition) is 3. The standard InChI is InChI=1S/C11H22N2OS/c1-10(2,15-4)7-13-9(14)11(3)5-6-12-8-11/h12H,5-8H2,1-4H3,(H,13,14). The van der Waals surface area contributed by atoms with E-state index in [0.29, 0.717) is 0 Å². The van der Waals surface area contributed by atoms with E-state index in [1.165, 1.54) is 0 Å². The zero-order chi connectivity index (χ0) is 11.5. The van der Waals surface area contributed by atoms with Crippen LogP contribution >= 0.6 is 11.8 Å². The lowest BCUT2D eigenvalue weighted by Gasteiger charge is -2.27. The molecule has 1 atom stereocenters. The molecular formula is C11H22N2OS. The second-order valence-electron chi connectivity index (χ2n) is 5.13. The van der Waals surface area contributed by atoms with Crippen molar-refractivity contribution in [3.05, 3.63) is 0 Å². The van der Waals surface area contributed by atoms with Crippen molar-refractivity contribution in [2.75, 3.05) is 25.9 Å². The van der Waals surface area contributed by atoms with Crippen molar-refractivity contribution in [1.82, 2.24) is 10.6 Å². The van der Waals surface area contributed by atoms with Crippen LogP contribution in [0.5, 0.6) is 0 Å². The number of carbonyl (C=O) groups excluding carboxylic acids is 1. The maximum atomic E-state index is 12.0. The SMILES string of the molecule is CSC(C)(C)CNC(=O)C1(C)CCNC1. The average Bonchev–Trinajstić information content (AvgIpc) is 2.63. The largest absolute Gasteiger partial charge is 0.354 e. The maximum absolute atomic E-state index is 12.0. The Labute approximate surface area is 96.8 Å². The Bertz CT molecular complexity index is 235. The van der Waals surface area contributed by atoms with Gasteiger partial charge in [-0.25, -0.2) is 0 Å². The van der Waals surface area contributed by atoms with E-state index in [2.05, 4.69) is 30.7 Å². The molecule has 0 saturated carbocycles. The molecule has 15 heavy (non-hydrogen) atoms. The van der Waals surface area contributed by atoms with E-state index in [4.69, 9.17) is 0 Å². The minimum atomic E-state index is -0.200. The molecule has 0 aliphatic carbocycles. The predicted octanol–water partition coefficient (Wildman–Crippen LogP) is 1.24. The highest BCUT2D eigenvalue weighted by Crippen LogP contribution is 2.25. The topological polar surface area (TPSA) is 41.1 Å². The van der Waals surface area contributed by atoms with Crippen LogP contribution in [0, 0.1) is 5.41 Å². The number of hydrogen-bond donors (Lipinski definition) is 2. The lowest BCUT2D eigenvalue weighted by atomic mass is 9.88. The molecule has 1 rings (SSSR count). The van der Waals surface area contributed by atoms with Crippen LogP contribution in [-0.2, 0) is 4.79 Å². The van der Waals surface area contributed by atoms with Crippen molar-refractivity contribution in [2.45, 2.75) is 31.9 Å². The minimum Gasteiger partial charge on any atom is -0.354 e. The summed E-state index contributed by atoms with van der Waals surface area (Å²) in [6.45, 7) is 8.83. The van der Waals surface area contributed by atoms with Crippen LogP contribution in [0.1, 0.15) is 27.2 Å². The summed E-state index contributed by atoms with van der Waals surface area (Å²) in [4.78, 5) is 12.0. The van der Waals surface area contributed by atoms with Gasteiger partial charge in [-0.3, -0.25) is 4.79 Å². The highest BCUT2D eigenvalue weighted by molar-refractivity contribution is 7.99. The summed E-state index contributed by atoms with van der Waals surface area (Å²) in [5.74, 6) is 0.189. The first-order valence-corrected chi connectivity index (χ1v) is 6.66. The van der Waals surface area contributed by atoms with Gasteiger partial charge in [0.25, 0.3) is 0 Å². The molecule has 1 fully saturated rings. The van der Waals surface area contributed by atoms with Crippen molar-refractivity contribution < 1.29 is 4.79 Å². The molecule has 1 aliphatic rings. The third-order valence-electron chi connectivity index (χ3n) is 3.14. The molecule has 1 unspecified atom stereocenters. The van der Waals surface area contributed by atoms with Gasteiger partial charge in [-0.05, 0) is 40.0 Å². The van der Waals surface area contributed by atoms with Gasteiger partial charge in [0.2, 0.25) is 5.91 Å². The van der Waals surface area contributed by atoms with Crippen LogP contribution in [0.3, 0.4) is 0 Å². The number of carbonyl (C=O) groups is 1. The predicted molar refractivity (Wildman–Crippen MR) is 66.2 cm³/mol. The summed E-state index contributed by atoms with van der Waals surface area (Å²) >= 11 is 1.78. The van der Waals surface area contributed by atoms with Gasteiger partial charge in [0.05, 0.1) is 5.41 Å². The smallest absolute Gasteiger partial charge is 0.227 e. The molecular weight excluding hydrogens is 208 g/mol. The summed E-state index contributed by atoms with van der Waals surface area (Å²) in [6, 6.07) is 0. The Balaban J connectivity index is 2.42. The molecule has 1 heterocycles. The second kappa shape index (κ2) is 4.74. The monoisotopic (exact) mass is 230 g/mol. The van der Waals surface area contributed by atoms with Crippen LogP contribution < -0.4 is 10.6 Å². The molecule has 1 amide bonds. The van der Waals surface area contributed by atoms with Crippen LogP contribution in [0.4, 0.5) is 0 Å². The molecule has 2 N–H and O–H groups in total. The number of nitrogens with one attached hydrogen (secondary N) is 2. The highest BCUT2D eigenvalue weighted by atomic mass is 32.2. The van der Waals surface area contributed by atoms with Gasteiger partial charge in [-0.1, -0.05) is 0 Å². The van der Waals surface area contributed by atoms with Crippen LogP contribution in [-0.4, -0.2) is 36.5 Å². The number of thioether (sulfide) groups is 1. The van der Waals surface area contributed by atoms with Gasteiger partial charge in [0, 0.05) is 17.8 Å². The summed E-state index contributed by atoms with van der Waals surface area (Å²) < 4.78 is 0.123. The zero-order valence-electron chi connectivity index (χ0n) is 10.1. The second-order valence-corrected chi connectivity index (χ2v) is 6.65. The minimum absolute atomic E-state index is 0.123. The molecule has 0 radical (unpaired) electrons. The van der Waals surface area contributed by atoms with Gasteiger partial charge in [-0.15, -0.1) is 0 Å². The Morgan fingerprint density at radius 2 is 2.27 bits per heavy atom. The third kappa shape index (κ3) is 3.38. The molecule has 88 valence electrons. The normalized spacial score (nSPS) is 26.7. The lowest BCUT2D eigenvalue weighted by Crippen LogP contribution is -2.44. The van der Waals surface area contributed by atoms with Gasteiger partial charge in [0.15, 0.2) is 0 Å². The average molecular weight is 230 g/mol. The molecule has 0 bridgehead atoms. The summed E-state index contributed by atoms with van der Waals surface area (Å²) in [7, 11) is 0. The number of rotatable bonds is 4. The van der Waals surface area contributed by atoms with Crippen molar-refractivity contribution in [3.63, 3.8) is 0 Å². The van der Waals surface area contributed by atoms with E-state index >= 15 is 0 Å². The first-order chi connectivity index (χ1) is 6.90. The number of amides is 1. The van der Waals surface area contributed by atoms with E-state index < -0.39 is 0 Å². The first kappa shape index (κ1) is 12.8. The Kier molecular flexibility index (Phi) is 4.06. The fourth-order valence-corrected chi connectivity index (χ4v) is 1.81. The van der Waals surface area contributed by atoms with Crippen LogP contribution in [0.25, 0.3) is 0 Å². The third-order valence-corrected chi connectivity index (χ3v) is 4.39. The lowest BCUT2D eigenvalue weighted by molar-refractivity contribution is -0.129. The summed E-state index contributed by atoms with van der Waals surface area (Å²) in [6.07, 6.45) is 3.02. The molecule has 0 aromatic heterocycles. The van der Waals surface area contributed by atoms with Gasteiger partial charge in [-0.2, -0.15) is 11.8 Å². The molecule has 0 aromatic carbocycles. The fraction of sp³-hybridized carbons (Fsp3) is 0.909. The van der Waals surface area contributed by atoms with E-state index in [1.54, 1.807) is 11.8 Å². The van der Waals surface area contributed by atoms with Crippen LogP contribution in [0.2, 0.25) is 0 Å². The quantitative estimate of drug-likeness (QED) is 0.763. The van der Waals surface area contributed by atoms with E-state index in [9.17, 15) is 4.79 Å². The van der Waals surface area contributed by atoms with E-state index in [0.717, 1.165) is 26.1 Å². The molecule has 4 heteroatoms. The molecule has 0 aromatic rings. The van der Waals surface area contributed by atoms with Gasteiger partial charge >= 0.3 is 0 Å². The first-order valence-electron chi connectivity index (χ1n) is 5.44. The Morgan fingerprint density at radius 1 is 1.60 bits per heavy atom. The maximum Gasteiger partial charge on any atom is 0.227 e. The molecule has 0 spiro atoms. The van der Waals surface area contributed by atoms with Crippen molar-refractivity contribution >= 4 is 17.7 Å². The van der Waals surface area contributed by atoms with E-state index in [-0.39, 0.29) is 16.1 Å². The highest BCUT2D eigenvalue weighted by Gasteiger charge is 2.36. The summed E-state index contributed by atoms with van der Waals surface area (Å²) in [5, 5.41) is 6.30. The molecule has 3 nitrogen and oxygen atoms in total. The van der Waals surface area contributed by atoms with Gasteiger partial charge < -0.3 is 10.6 Å². The zero-order valence-corrected chi connectivity index (χ0v) is 11.0. The Hall–Kier alpha value is -0.220. The van der Waals surface area contributed by atoms with Crippen molar-refractivity contribution in [3.8, 4) is 0 Å². The molecule has 1 aliphatic heterocycles. The Morgan fingerprint density at radius 3 is 2.73 bits per heavy atom. The fourth-order valence-electron chi connectivity index (χ4n) is 1.59. The van der Waals surface area contributed by atoms with Gasteiger partial charge in [0.1, 0.15) is 0 Å². The summed E-state index contributed by atoms with van der Waals surface area (Å²) in [5.41, 5.74) is -0.200. The molecule has 1 saturated heterocycles. The van der Waals surface area contributed by atoms with Crippen molar-refractivity contribution in [1.29, 1.82) is 0 Å². The van der Waals surface area contributed by atoms with E-state index in [1.807, 2.05) is 6.92 Å². The van der Waals surface area contributed by atoms with Crippen molar-refractivity contribution in [2.24, 2.45) is 5.41 Å².